The van der Waals surface area contributed by atoms with Crippen molar-refractivity contribution in [3.05, 3.63) is 0 Å². The van der Waals surface area contributed by atoms with Gasteiger partial charge in [0.25, 0.3) is 0 Å². The summed E-state index contributed by atoms with van der Waals surface area (Å²) in [5, 5.41) is 0. The second-order valence-corrected chi connectivity index (χ2v) is 5.72. The normalized spacial score (nSPS) is 27.1. The van der Waals surface area contributed by atoms with Gasteiger partial charge in [-0.05, 0) is 19.3 Å². The summed E-state index contributed by atoms with van der Waals surface area (Å²) in [4.78, 5) is 0. The van der Waals surface area contributed by atoms with Crippen molar-refractivity contribution in [1.82, 2.24) is 4.31 Å². The van der Waals surface area contributed by atoms with Crippen LogP contribution in [0, 0.1) is 0 Å². The lowest BCUT2D eigenvalue weighted by molar-refractivity contribution is 0.317. The third-order valence-corrected chi connectivity index (χ3v) is 4.05. The highest BCUT2D eigenvalue weighted by molar-refractivity contribution is 7.88. The Kier molecular flexibility index (Phi) is 3.74. The van der Waals surface area contributed by atoms with E-state index < -0.39 is 10.0 Å². The first-order chi connectivity index (χ1) is 6.05. The van der Waals surface area contributed by atoms with Gasteiger partial charge < -0.3 is 0 Å². The summed E-state index contributed by atoms with van der Waals surface area (Å²) in [5.74, 6) is 0. The zero-order chi connectivity index (χ0) is 9.90. The highest BCUT2D eigenvalue weighted by Gasteiger charge is 2.26. The van der Waals surface area contributed by atoms with Crippen molar-refractivity contribution in [2.24, 2.45) is 0 Å². The molecule has 1 heterocycles. The fourth-order valence-electron chi connectivity index (χ4n) is 2.00. The molecule has 0 aromatic heterocycles. The zero-order valence-electron chi connectivity index (χ0n) is 8.49. The van der Waals surface area contributed by atoms with E-state index in [1.807, 2.05) is 0 Å². The van der Waals surface area contributed by atoms with Crippen LogP contribution in [0.4, 0.5) is 0 Å². The Labute approximate surface area is 81.2 Å². The first-order valence-electron chi connectivity index (χ1n) is 5.02. The zero-order valence-corrected chi connectivity index (χ0v) is 9.31. The highest BCUT2D eigenvalue weighted by atomic mass is 32.2. The number of sulfonamides is 1. The minimum Gasteiger partial charge on any atom is -0.212 e. The van der Waals surface area contributed by atoms with Gasteiger partial charge in [-0.3, -0.25) is 0 Å². The summed E-state index contributed by atoms with van der Waals surface area (Å²) in [6.45, 7) is 2.78. The van der Waals surface area contributed by atoms with Crippen molar-refractivity contribution in [1.29, 1.82) is 0 Å². The van der Waals surface area contributed by atoms with Crippen LogP contribution in [0.1, 0.15) is 39.0 Å². The molecule has 3 nitrogen and oxygen atoms in total. The summed E-state index contributed by atoms with van der Waals surface area (Å²) in [5.41, 5.74) is 0. The van der Waals surface area contributed by atoms with Crippen LogP contribution in [0.25, 0.3) is 0 Å². The van der Waals surface area contributed by atoms with E-state index in [9.17, 15) is 8.42 Å². The van der Waals surface area contributed by atoms with Gasteiger partial charge in [-0.1, -0.05) is 19.8 Å². The second kappa shape index (κ2) is 4.42. The van der Waals surface area contributed by atoms with E-state index in [2.05, 4.69) is 6.92 Å². The summed E-state index contributed by atoms with van der Waals surface area (Å²) >= 11 is 0. The molecule has 4 heteroatoms. The lowest BCUT2D eigenvalue weighted by Crippen LogP contribution is -2.38. The van der Waals surface area contributed by atoms with E-state index in [1.54, 1.807) is 4.31 Å². The lowest BCUT2D eigenvalue weighted by atomic mass is 10.1. The topological polar surface area (TPSA) is 37.4 Å². The van der Waals surface area contributed by atoms with Crippen molar-refractivity contribution in [3.8, 4) is 0 Å². The molecule has 0 aromatic carbocycles. The van der Waals surface area contributed by atoms with E-state index >= 15 is 0 Å². The molecule has 13 heavy (non-hydrogen) atoms. The number of hydrogen-bond acceptors (Lipinski definition) is 2. The van der Waals surface area contributed by atoms with Crippen molar-refractivity contribution in [2.75, 3.05) is 12.8 Å². The Morgan fingerprint density at radius 2 is 2.00 bits per heavy atom. The van der Waals surface area contributed by atoms with Gasteiger partial charge in [0.1, 0.15) is 0 Å². The van der Waals surface area contributed by atoms with Gasteiger partial charge in [-0.25, -0.2) is 8.42 Å². The molecule has 1 saturated heterocycles. The third kappa shape index (κ3) is 2.95. The Hall–Kier alpha value is -0.0900. The summed E-state index contributed by atoms with van der Waals surface area (Å²) < 4.78 is 24.5. The molecule has 1 aliphatic rings. The summed E-state index contributed by atoms with van der Waals surface area (Å²) in [6, 6.07) is 0.248. The molecule has 1 aliphatic heterocycles. The quantitative estimate of drug-likeness (QED) is 0.686. The maximum atomic E-state index is 11.4. The fourth-order valence-corrected chi connectivity index (χ4v) is 3.25. The van der Waals surface area contributed by atoms with Crippen LogP contribution < -0.4 is 0 Å². The largest absolute Gasteiger partial charge is 0.212 e. The van der Waals surface area contributed by atoms with Crippen LogP contribution in [-0.4, -0.2) is 31.6 Å². The van der Waals surface area contributed by atoms with Crippen molar-refractivity contribution in [2.45, 2.75) is 45.1 Å². The van der Waals surface area contributed by atoms with E-state index in [1.165, 1.54) is 19.1 Å². The summed E-state index contributed by atoms with van der Waals surface area (Å²) in [6.07, 6.45) is 6.65. The monoisotopic (exact) mass is 205 g/mol. The Morgan fingerprint density at radius 1 is 1.31 bits per heavy atom. The van der Waals surface area contributed by atoms with E-state index in [4.69, 9.17) is 0 Å². The number of nitrogens with zero attached hydrogens (tertiary/aromatic N) is 1. The molecule has 1 fully saturated rings. The minimum atomic E-state index is -2.98. The maximum Gasteiger partial charge on any atom is 0.211 e. The molecule has 0 aromatic rings. The minimum absolute atomic E-state index is 0.248. The molecule has 1 atom stereocenters. The molecule has 0 aliphatic carbocycles. The SMILES string of the molecule is CCC1CCCCCN1S(C)(=O)=O. The van der Waals surface area contributed by atoms with Gasteiger partial charge in [0.2, 0.25) is 10.0 Å². The predicted octanol–water partition coefficient (Wildman–Crippen LogP) is 1.60. The molecule has 1 unspecified atom stereocenters. The Bertz CT molecular complexity index is 248. The smallest absolute Gasteiger partial charge is 0.211 e. The molecule has 78 valence electrons. The molecule has 0 bridgehead atoms. The Morgan fingerprint density at radius 3 is 2.54 bits per heavy atom. The molecular formula is C9H19NO2S. The van der Waals surface area contributed by atoms with Crippen LogP contribution in [0.5, 0.6) is 0 Å². The van der Waals surface area contributed by atoms with Gasteiger partial charge in [-0.15, -0.1) is 0 Å². The van der Waals surface area contributed by atoms with Crippen molar-refractivity contribution < 1.29 is 8.42 Å². The average Bonchev–Trinajstić information content (AvgIpc) is 2.26. The predicted molar refractivity (Wildman–Crippen MR) is 54.1 cm³/mol. The second-order valence-electron chi connectivity index (χ2n) is 3.79. The van der Waals surface area contributed by atoms with Crippen LogP contribution in [0.3, 0.4) is 0 Å². The van der Waals surface area contributed by atoms with Gasteiger partial charge in [0.15, 0.2) is 0 Å². The van der Waals surface area contributed by atoms with Gasteiger partial charge in [-0.2, -0.15) is 4.31 Å². The Balaban J connectivity index is 2.77. The van der Waals surface area contributed by atoms with Gasteiger partial charge in [0.05, 0.1) is 6.26 Å². The third-order valence-electron chi connectivity index (χ3n) is 2.72. The van der Waals surface area contributed by atoms with Crippen LogP contribution >= 0.6 is 0 Å². The van der Waals surface area contributed by atoms with Crippen molar-refractivity contribution in [3.63, 3.8) is 0 Å². The number of rotatable bonds is 2. The molecule has 0 radical (unpaired) electrons. The van der Waals surface area contributed by atoms with Gasteiger partial charge >= 0.3 is 0 Å². The standard InChI is InChI=1S/C9H19NO2S/c1-3-9-7-5-4-6-8-10(9)13(2,11)12/h9H,3-8H2,1-2H3. The first kappa shape index (κ1) is 11.0. The molecule has 0 amide bonds. The molecule has 0 saturated carbocycles. The molecular weight excluding hydrogens is 186 g/mol. The number of hydrogen-bond donors (Lipinski definition) is 0. The first-order valence-corrected chi connectivity index (χ1v) is 6.87. The van der Waals surface area contributed by atoms with Crippen LogP contribution in [0.15, 0.2) is 0 Å². The molecule has 1 rings (SSSR count). The van der Waals surface area contributed by atoms with E-state index in [-0.39, 0.29) is 6.04 Å². The maximum absolute atomic E-state index is 11.4. The summed E-state index contributed by atoms with van der Waals surface area (Å²) in [7, 11) is -2.98. The molecule has 0 N–H and O–H groups in total. The van der Waals surface area contributed by atoms with Crippen LogP contribution in [-0.2, 0) is 10.0 Å². The lowest BCUT2D eigenvalue weighted by Gasteiger charge is -2.26. The van der Waals surface area contributed by atoms with Crippen molar-refractivity contribution >= 4 is 10.0 Å². The van der Waals surface area contributed by atoms with Gasteiger partial charge in [0, 0.05) is 12.6 Å². The highest BCUT2D eigenvalue weighted by Crippen LogP contribution is 2.21. The van der Waals surface area contributed by atoms with E-state index in [0.29, 0.717) is 0 Å². The van der Waals surface area contributed by atoms with Crippen LogP contribution in [0.2, 0.25) is 0 Å². The molecule has 0 spiro atoms. The average molecular weight is 205 g/mol. The fraction of sp³-hybridized carbons (Fsp3) is 1.00. The van der Waals surface area contributed by atoms with E-state index in [0.717, 1.165) is 25.8 Å².